The number of hydrogen-bond acceptors (Lipinski definition) is 11. The number of amides is 3. The Balaban J connectivity index is 0.667. The molecular weight excluding hydrogens is 879 g/mol. The number of nitrogens with zero attached hydrogens (tertiary/aromatic N) is 6. The molecule has 3 amide bonds. The third-order valence-corrected chi connectivity index (χ3v) is 16.6. The van der Waals surface area contributed by atoms with Crippen LogP contribution in [0.3, 0.4) is 0 Å². The summed E-state index contributed by atoms with van der Waals surface area (Å²) in [6.07, 6.45) is 13.2. The molecule has 2 aliphatic carbocycles. The summed E-state index contributed by atoms with van der Waals surface area (Å²) < 4.78 is 0. The van der Waals surface area contributed by atoms with E-state index in [1.807, 2.05) is 63.2 Å². The van der Waals surface area contributed by atoms with E-state index in [-0.39, 0.29) is 48.9 Å². The normalized spacial score (nSPS) is 26.3. The minimum Gasteiger partial charge on any atom is -0.507 e. The Bertz CT molecular complexity index is 2590. The number of carbonyl (C=O) groups excluding carboxylic acids is 3. The number of fused-ring (bicyclic) bond motifs is 3. The average molecular weight is 948 g/mol. The number of piperazine rings is 1. The summed E-state index contributed by atoms with van der Waals surface area (Å²) in [5.41, 5.74) is 6.43. The van der Waals surface area contributed by atoms with Crippen molar-refractivity contribution in [2.45, 2.75) is 121 Å². The van der Waals surface area contributed by atoms with Gasteiger partial charge in [-0.25, -0.2) is 0 Å². The number of nitrogens with one attached hydrogen (secondary N) is 3. The second kappa shape index (κ2) is 19.6. The topological polar surface area (TPSA) is 166 Å². The number of piperidine rings is 1. The Labute approximate surface area is 412 Å². The van der Waals surface area contributed by atoms with Crippen LogP contribution < -0.4 is 25.8 Å². The first-order valence-electron chi connectivity index (χ1n) is 25.6. The van der Waals surface area contributed by atoms with Crippen molar-refractivity contribution in [3.8, 4) is 29.4 Å². The van der Waals surface area contributed by atoms with Gasteiger partial charge in [0.2, 0.25) is 17.7 Å². The van der Waals surface area contributed by atoms with Crippen LogP contribution in [-0.2, 0) is 20.9 Å². The van der Waals surface area contributed by atoms with Crippen LogP contribution in [0.4, 0.5) is 17.2 Å². The van der Waals surface area contributed by atoms with Crippen LogP contribution in [0.15, 0.2) is 78.9 Å². The van der Waals surface area contributed by atoms with Crippen molar-refractivity contribution < 1.29 is 24.6 Å². The van der Waals surface area contributed by atoms with Crippen molar-refractivity contribution in [1.82, 2.24) is 30.6 Å². The number of aromatic nitrogens is 2. The number of β-amino-alcohol motifs (C(OH)–C–C–N with tert-alkyl or cyclic N) is 1. The zero-order valence-corrected chi connectivity index (χ0v) is 40.9. The average Bonchev–Trinajstić information content (AvgIpc) is 3.77. The molecule has 0 bridgehead atoms. The maximum Gasteiger partial charge on any atom is 0.246 e. The summed E-state index contributed by atoms with van der Waals surface area (Å²) >= 11 is 0. The maximum atomic E-state index is 14.2. The molecule has 4 atom stereocenters. The molecule has 0 unspecified atom stereocenters. The Kier molecular flexibility index (Phi) is 13.3. The SMILES string of the molecule is C#Cc1ccc(CNC(=O)[C@@H]2C[C@@H](O)CN2C(=O)[C@@H](NC(=O)C2CCC3(CC2)CC(N2CCC(c4ccc(N5CCN6c7cc(-c8ccccc8O)nnc7NC[C@H]6C5)cc4)CC2)C3)C(C)(C)C)cc1. The zero-order valence-electron chi connectivity index (χ0n) is 40.9. The molecular formula is C56H69N9O5. The summed E-state index contributed by atoms with van der Waals surface area (Å²) in [5.74, 6) is 3.26. The summed E-state index contributed by atoms with van der Waals surface area (Å²) in [6, 6.07) is 25.3. The third kappa shape index (κ3) is 9.80. The highest BCUT2D eigenvalue weighted by atomic mass is 16.3. The van der Waals surface area contributed by atoms with Gasteiger partial charge in [-0.2, -0.15) is 0 Å². The maximum absolute atomic E-state index is 14.2. The Hall–Kier alpha value is -6.17. The van der Waals surface area contributed by atoms with Gasteiger partial charge >= 0.3 is 0 Å². The second-order valence-corrected chi connectivity index (χ2v) is 22.2. The van der Waals surface area contributed by atoms with Crippen LogP contribution in [0, 0.1) is 29.1 Å². The van der Waals surface area contributed by atoms with Crippen molar-refractivity contribution in [1.29, 1.82) is 0 Å². The van der Waals surface area contributed by atoms with Gasteiger partial charge in [0.15, 0.2) is 5.82 Å². The standard InChI is InChI=1S/C56H69N9O5/c1-5-36-10-12-37(13-11-36)32-58-53(69)48-28-44(66)35-65(48)54(70)50(55(2,3)4)59-52(68)40-18-22-56(23-19-40)30-42(31-56)62-24-20-39(21-25-62)38-14-16-41(17-15-38)63-26-27-64-43(34-63)33-57-51-47(64)29-46(60-61-51)45-8-6-7-9-49(45)67/h1,6-17,29,39-40,42-44,48,50,66-67H,18-28,30-35H2,2-4H3,(H,57,61)(H,58,69)(H,59,68)/t40?,42?,43-,44+,48-,50+,56?/m0/s1. The summed E-state index contributed by atoms with van der Waals surface area (Å²) in [7, 11) is 0. The first-order chi connectivity index (χ1) is 33.7. The molecule has 10 rings (SSSR count). The number of aliphatic hydroxyl groups excluding tert-OH is 1. The predicted octanol–water partition coefficient (Wildman–Crippen LogP) is 6.28. The van der Waals surface area contributed by atoms with Crippen LogP contribution >= 0.6 is 0 Å². The van der Waals surface area contributed by atoms with E-state index in [0.29, 0.717) is 34.7 Å². The molecule has 2 saturated carbocycles. The molecule has 1 spiro atoms. The van der Waals surface area contributed by atoms with Gasteiger partial charge in [0.1, 0.15) is 17.8 Å². The molecule has 5 fully saturated rings. The molecule has 3 aromatic carbocycles. The molecule has 3 saturated heterocycles. The van der Waals surface area contributed by atoms with Crippen molar-refractivity contribution in [2.75, 3.05) is 60.9 Å². The Morgan fingerprint density at radius 1 is 0.886 bits per heavy atom. The van der Waals surface area contributed by atoms with Crippen LogP contribution in [0.2, 0.25) is 0 Å². The van der Waals surface area contributed by atoms with Gasteiger partial charge in [-0.1, -0.05) is 63.1 Å². The minimum atomic E-state index is -0.832. The number of rotatable bonds is 10. The fourth-order valence-electron chi connectivity index (χ4n) is 12.4. The fourth-order valence-corrected chi connectivity index (χ4v) is 12.4. The fraction of sp³-hybridized carbons (Fsp3) is 0.518. The highest BCUT2D eigenvalue weighted by Gasteiger charge is 2.50. The van der Waals surface area contributed by atoms with Gasteiger partial charge in [0.25, 0.3) is 0 Å². The van der Waals surface area contributed by atoms with E-state index in [0.717, 1.165) is 87.6 Å². The summed E-state index contributed by atoms with van der Waals surface area (Å²) in [4.78, 5) is 50.7. The van der Waals surface area contributed by atoms with Crippen molar-refractivity contribution in [3.63, 3.8) is 0 Å². The number of terminal acetylenes is 1. The third-order valence-electron chi connectivity index (χ3n) is 16.6. The van der Waals surface area contributed by atoms with E-state index in [4.69, 9.17) is 6.42 Å². The number of hydrogen-bond donors (Lipinski definition) is 5. The van der Waals surface area contributed by atoms with Gasteiger partial charge in [0.05, 0.1) is 23.5 Å². The number of phenolic OH excluding ortho intramolecular Hbond substituents is 1. The van der Waals surface area contributed by atoms with Gasteiger partial charge < -0.3 is 45.8 Å². The first-order valence-corrected chi connectivity index (χ1v) is 25.6. The molecule has 1 aromatic heterocycles. The largest absolute Gasteiger partial charge is 0.507 e. The van der Waals surface area contributed by atoms with Crippen LogP contribution in [0.5, 0.6) is 5.75 Å². The lowest BCUT2D eigenvalue weighted by atomic mass is 9.56. The smallest absolute Gasteiger partial charge is 0.246 e. The molecule has 70 heavy (non-hydrogen) atoms. The Morgan fingerprint density at radius 2 is 1.61 bits per heavy atom. The number of aromatic hydroxyl groups is 1. The van der Waals surface area contributed by atoms with Crippen molar-refractivity contribution >= 4 is 34.9 Å². The highest BCUT2D eigenvalue weighted by molar-refractivity contribution is 5.93. The number of anilines is 3. The number of likely N-dealkylation sites (tertiary alicyclic amines) is 2. The van der Waals surface area contributed by atoms with Gasteiger partial charge in [-0.05, 0) is 135 Å². The molecule has 368 valence electrons. The van der Waals surface area contributed by atoms with Gasteiger partial charge in [0, 0.05) is 74.5 Å². The molecule has 14 heteroatoms. The molecule has 4 aliphatic heterocycles. The van der Waals surface area contributed by atoms with E-state index in [2.05, 4.69) is 77.1 Å². The van der Waals surface area contributed by atoms with Gasteiger partial charge in [-0.15, -0.1) is 16.6 Å². The minimum absolute atomic E-state index is 0.0472. The van der Waals surface area contributed by atoms with Gasteiger partial charge in [-0.3, -0.25) is 14.4 Å². The second-order valence-electron chi connectivity index (χ2n) is 22.2. The lowest BCUT2D eigenvalue weighted by molar-refractivity contribution is -0.145. The van der Waals surface area contributed by atoms with E-state index in [1.165, 1.54) is 41.8 Å². The van der Waals surface area contributed by atoms with Crippen LogP contribution in [0.25, 0.3) is 11.3 Å². The lowest BCUT2D eigenvalue weighted by Crippen LogP contribution is -2.59. The number of aliphatic hydroxyl groups is 1. The van der Waals surface area contributed by atoms with E-state index < -0.39 is 23.6 Å². The first kappa shape index (κ1) is 47.5. The van der Waals surface area contributed by atoms with Crippen LogP contribution in [-0.4, -0.2) is 124 Å². The lowest BCUT2D eigenvalue weighted by Gasteiger charge is -2.55. The predicted molar refractivity (Wildman–Crippen MR) is 272 cm³/mol. The number of para-hydroxylation sites is 1. The monoisotopic (exact) mass is 948 g/mol. The summed E-state index contributed by atoms with van der Waals surface area (Å²) in [6.45, 7) is 11.9. The zero-order chi connectivity index (χ0) is 48.7. The van der Waals surface area contributed by atoms with E-state index >= 15 is 0 Å². The van der Waals surface area contributed by atoms with E-state index in [9.17, 15) is 24.6 Å². The highest BCUT2D eigenvalue weighted by Crippen LogP contribution is 2.55. The molecule has 14 nitrogen and oxygen atoms in total. The van der Waals surface area contributed by atoms with Crippen LogP contribution in [0.1, 0.15) is 101 Å². The Morgan fingerprint density at radius 3 is 2.31 bits per heavy atom. The van der Waals surface area contributed by atoms with Crippen molar-refractivity contribution in [3.05, 3.63) is 95.6 Å². The number of carbonyl (C=O) groups is 3. The number of benzene rings is 3. The van der Waals surface area contributed by atoms with Crippen molar-refractivity contribution in [2.24, 2.45) is 16.7 Å². The van der Waals surface area contributed by atoms with E-state index in [1.54, 1.807) is 6.07 Å². The molecule has 0 radical (unpaired) electrons. The molecule has 5 N–H and O–H groups in total. The number of phenols is 1. The molecule has 6 aliphatic rings. The molecule has 4 aromatic rings. The molecule has 5 heterocycles. The quantitative estimate of drug-likeness (QED) is 0.114. The summed E-state index contributed by atoms with van der Waals surface area (Å²) in [5, 5.41) is 39.6.